The number of carbonyl (C=O) groups is 1. The highest BCUT2D eigenvalue weighted by molar-refractivity contribution is 7.93. The number of rotatable bonds is 9. The molecule has 1 aliphatic rings. The van der Waals surface area contributed by atoms with Gasteiger partial charge in [0.1, 0.15) is 11.3 Å². The maximum absolute atomic E-state index is 12.9. The number of amides is 1. The van der Waals surface area contributed by atoms with E-state index in [1.165, 1.54) is 12.3 Å². The fourth-order valence-electron chi connectivity index (χ4n) is 2.62. The Kier molecular flexibility index (Phi) is 6.48. The second kappa shape index (κ2) is 9.04. The third kappa shape index (κ3) is 6.28. The molecule has 1 fully saturated rings. The molecule has 1 N–H and O–H groups in total. The average Bonchev–Trinajstić information content (AvgIpc) is 3.51. The minimum Gasteiger partial charge on any atom is -0.464 e. The van der Waals surface area contributed by atoms with Crippen LogP contribution in [0.4, 0.5) is 0 Å². The molecule has 8 nitrogen and oxygen atoms in total. The second-order valence-electron chi connectivity index (χ2n) is 6.71. The average molecular weight is 417 g/mol. The van der Waals surface area contributed by atoms with Crippen LogP contribution in [0.15, 0.2) is 48.0 Å². The number of ether oxygens (including phenoxy) is 2. The van der Waals surface area contributed by atoms with Gasteiger partial charge in [-0.25, -0.2) is 13.4 Å². The monoisotopic (exact) mass is 417 g/mol. The van der Waals surface area contributed by atoms with Crippen molar-refractivity contribution in [2.24, 2.45) is 5.92 Å². The normalized spacial score (nSPS) is 15.1. The number of nitrogens with one attached hydrogen (secondary N) is 1. The van der Waals surface area contributed by atoms with Gasteiger partial charge < -0.3 is 14.8 Å². The number of para-hydroxylation sites is 1. The van der Waals surface area contributed by atoms with Gasteiger partial charge in [-0.2, -0.15) is 4.98 Å². The van der Waals surface area contributed by atoms with Crippen LogP contribution in [0.2, 0.25) is 0 Å². The number of hydrogen-bond acceptors (Lipinski definition) is 7. The van der Waals surface area contributed by atoms with E-state index in [-0.39, 0.29) is 23.4 Å². The molecular weight excluding hydrogens is 394 g/mol. The summed E-state index contributed by atoms with van der Waals surface area (Å²) in [5, 5.41) is 3.97. The van der Waals surface area contributed by atoms with Crippen LogP contribution in [-0.4, -0.2) is 43.2 Å². The molecule has 1 aromatic carbocycles. The van der Waals surface area contributed by atoms with E-state index in [4.69, 9.17) is 9.47 Å². The van der Waals surface area contributed by atoms with Crippen LogP contribution in [0.5, 0.6) is 17.6 Å². The van der Waals surface area contributed by atoms with Crippen molar-refractivity contribution in [3.8, 4) is 17.6 Å². The Morgan fingerprint density at radius 2 is 2.03 bits per heavy atom. The Morgan fingerprint density at radius 1 is 1.31 bits per heavy atom. The topological polar surface area (TPSA) is 107 Å². The predicted molar refractivity (Wildman–Crippen MR) is 108 cm³/mol. The highest BCUT2D eigenvalue weighted by Crippen LogP contribution is 2.34. The Bertz CT molecular complexity index is 988. The molecule has 0 saturated heterocycles. The standard InChI is InChI=1S/C20H23N3O5S/c1-3-27-20-21-13-16(19(23-20)28-15-7-5-4-6-8-15)18(24)22-17(14-9-10-14)11-12-29(2,25)26/h4-8,11-14,17H,3,9-10H2,1-2H3,(H,22,24)/b12-11+/t17-/m1/s1. The molecule has 1 amide bonds. The lowest BCUT2D eigenvalue weighted by Crippen LogP contribution is -2.35. The first kappa shape index (κ1) is 20.8. The van der Waals surface area contributed by atoms with Crippen molar-refractivity contribution >= 4 is 15.7 Å². The van der Waals surface area contributed by atoms with Crippen molar-refractivity contribution in [3.63, 3.8) is 0 Å². The van der Waals surface area contributed by atoms with E-state index in [0.29, 0.717) is 12.4 Å². The molecule has 1 aliphatic carbocycles. The zero-order valence-electron chi connectivity index (χ0n) is 16.2. The SMILES string of the molecule is CCOc1ncc(C(=O)N[C@H](/C=C/S(C)(=O)=O)C2CC2)c(Oc2ccccc2)n1. The van der Waals surface area contributed by atoms with Crippen molar-refractivity contribution in [3.05, 3.63) is 53.6 Å². The molecule has 0 unspecified atom stereocenters. The highest BCUT2D eigenvalue weighted by atomic mass is 32.2. The van der Waals surface area contributed by atoms with Gasteiger partial charge in [0.25, 0.3) is 5.91 Å². The Labute approximate surface area is 169 Å². The molecule has 0 bridgehead atoms. The van der Waals surface area contributed by atoms with Crippen LogP contribution in [0, 0.1) is 5.92 Å². The molecule has 0 spiro atoms. The van der Waals surface area contributed by atoms with Crippen LogP contribution < -0.4 is 14.8 Å². The summed E-state index contributed by atoms with van der Waals surface area (Å²) >= 11 is 0. The first-order valence-electron chi connectivity index (χ1n) is 9.27. The lowest BCUT2D eigenvalue weighted by Gasteiger charge is -2.16. The largest absolute Gasteiger partial charge is 0.464 e. The number of sulfone groups is 1. The Hall–Kier alpha value is -2.94. The zero-order valence-corrected chi connectivity index (χ0v) is 17.1. The van der Waals surface area contributed by atoms with E-state index in [1.807, 2.05) is 6.07 Å². The highest BCUT2D eigenvalue weighted by Gasteiger charge is 2.32. The summed E-state index contributed by atoms with van der Waals surface area (Å²) in [5.41, 5.74) is 0.135. The van der Waals surface area contributed by atoms with Crippen LogP contribution in [-0.2, 0) is 9.84 Å². The molecule has 1 aromatic heterocycles. The second-order valence-corrected chi connectivity index (χ2v) is 8.65. The van der Waals surface area contributed by atoms with Gasteiger partial charge in [-0.05, 0) is 37.8 Å². The van der Waals surface area contributed by atoms with Crippen molar-refractivity contribution in [1.29, 1.82) is 0 Å². The molecule has 2 aromatic rings. The lowest BCUT2D eigenvalue weighted by molar-refractivity contribution is 0.0937. The van der Waals surface area contributed by atoms with Gasteiger partial charge in [-0.1, -0.05) is 24.3 Å². The maximum atomic E-state index is 12.9. The number of nitrogens with zero attached hydrogens (tertiary/aromatic N) is 2. The number of carbonyl (C=O) groups excluding carboxylic acids is 1. The quantitative estimate of drug-likeness (QED) is 0.668. The summed E-state index contributed by atoms with van der Waals surface area (Å²) in [4.78, 5) is 21.2. The Balaban J connectivity index is 1.85. The fraction of sp³-hybridized carbons (Fsp3) is 0.350. The molecule has 29 heavy (non-hydrogen) atoms. The summed E-state index contributed by atoms with van der Waals surface area (Å²) < 4.78 is 34.0. The third-order valence-electron chi connectivity index (χ3n) is 4.17. The van der Waals surface area contributed by atoms with Gasteiger partial charge >= 0.3 is 6.01 Å². The van der Waals surface area contributed by atoms with E-state index in [0.717, 1.165) is 24.5 Å². The zero-order chi connectivity index (χ0) is 20.9. The van der Waals surface area contributed by atoms with Gasteiger partial charge in [0, 0.05) is 11.7 Å². The van der Waals surface area contributed by atoms with Crippen LogP contribution >= 0.6 is 0 Å². The first-order valence-corrected chi connectivity index (χ1v) is 11.2. The van der Waals surface area contributed by atoms with Gasteiger partial charge in [0.15, 0.2) is 9.84 Å². The summed E-state index contributed by atoms with van der Waals surface area (Å²) in [6, 6.07) is 8.65. The van der Waals surface area contributed by atoms with Crippen LogP contribution in [0.3, 0.4) is 0 Å². The van der Waals surface area contributed by atoms with E-state index >= 15 is 0 Å². The summed E-state index contributed by atoms with van der Waals surface area (Å²) in [6.45, 7) is 2.17. The number of hydrogen-bond donors (Lipinski definition) is 1. The van der Waals surface area contributed by atoms with Gasteiger partial charge in [-0.15, -0.1) is 0 Å². The molecule has 3 rings (SSSR count). The molecule has 1 saturated carbocycles. The van der Waals surface area contributed by atoms with E-state index in [2.05, 4.69) is 15.3 Å². The summed E-state index contributed by atoms with van der Waals surface area (Å²) in [7, 11) is -3.28. The van der Waals surface area contributed by atoms with E-state index in [1.54, 1.807) is 31.2 Å². The first-order chi connectivity index (χ1) is 13.9. The van der Waals surface area contributed by atoms with Crippen molar-refractivity contribution in [1.82, 2.24) is 15.3 Å². The number of aromatic nitrogens is 2. The van der Waals surface area contributed by atoms with Crippen molar-refractivity contribution < 1.29 is 22.7 Å². The smallest absolute Gasteiger partial charge is 0.319 e. The van der Waals surface area contributed by atoms with Crippen molar-refractivity contribution in [2.45, 2.75) is 25.8 Å². The predicted octanol–water partition coefficient (Wildman–Crippen LogP) is 2.73. The van der Waals surface area contributed by atoms with Crippen LogP contribution in [0.1, 0.15) is 30.1 Å². The van der Waals surface area contributed by atoms with Crippen LogP contribution in [0.25, 0.3) is 0 Å². The Morgan fingerprint density at radius 3 is 2.66 bits per heavy atom. The molecule has 0 aliphatic heterocycles. The molecule has 1 atom stereocenters. The summed E-state index contributed by atoms with van der Waals surface area (Å²) in [5.74, 6) is 0.334. The summed E-state index contributed by atoms with van der Waals surface area (Å²) in [6.07, 6.45) is 5.81. The van der Waals surface area contributed by atoms with Crippen molar-refractivity contribution in [2.75, 3.05) is 12.9 Å². The molecule has 9 heteroatoms. The third-order valence-corrected chi connectivity index (χ3v) is 4.82. The molecular formula is C20H23N3O5S. The molecule has 0 radical (unpaired) electrons. The van der Waals surface area contributed by atoms with Gasteiger partial charge in [0.05, 0.1) is 18.8 Å². The molecule has 154 valence electrons. The number of benzene rings is 1. The lowest BCUT2D eigenvalue weighted by atomic mass is 10.1. The molecule has 1 heterocycles. The van der Waals surface area contributed by atoms with Gasteiger partial charge in [0.2, 0.25) is 5.88 Å². The fourth-order valence-corrected chi connectivity index (χ4v) is 3.07. The van der Waals surface area contributed by atoms with E-state index < -0.39 is 21.8 Å². The minimum atomic E-state index is -3.28. The van der Waals surface area contributed by atoms with E-state index in [9.17, 15) is 13.2 Å². The minimum absolute atomic E-state index is 0.0637. The van der Waals surface area contributed by atoms with Gasteiger partial charge in [-0.3, -0.25) is 4.79 Å². The maximum Gasteiger partial charge on any atom is 0.319 e.